The van der Waals surface area contributed by atoms with Crippen molar-refractivity contribution < 1.29 is 19.1 Å². The molecule has 0 aromatic heterocycles. The number of aryl methyl sites for hydroxylation is 2. The Morgan fingerprint density at radius 3 is 2.62 bits per heavy atom. The molecule has 134 valence electrons. The van der Waals surface area contributed by atoms with Gasteiger partial charge in [0, 0.05) is 5.41 Å². The van der Waals surface area contributed by atoms with Crippen LogP contribution in [0.25, 0.3) is 0 Å². The Kier molecular flexibility index (Phi) is 7.75. The molecule has 0 N–H and O–H groups in total. The third-order valence-electron chi connectivity index (χ3n) is 4.14. The molecule has 0 spiro atoms. The van der Waals surface area contributed by atoms with Crippen molar-refractivity contribution in [2.45, 2.75) is 47.5 Å². The lowest BCUT2D eigenvalue weighted by molar-refractivity contribution is -0.145. The first-order valence-corrected chi connectivity index (χ1v) is 8.20. The van der Waals surface area contributed by atoms with E-state index in [9.17, 15) is 4.79 Å². The lowest BCUT2D eigenvalue weighted by Gasteiger charge is -2.24. The van der Waals surface area contributed by atoms with Crippen LogP contribution in [0.15, 0.2) is 23.4 Å². The van der Waals surface area contributed by atoms with Gasteiger partial charge in [-0.25, -0.2) is 4.79 Å². The van der Waals surface area contributed by atoms with E-state index in [-0.39, 0.29) is 12.0 Å². The minimum atomic E-state index is -0.439. The Balaban J connectivity index is 2.42. The summed E-state index contributed by atoms with van der Waals surface area (Å²) in [6.45, 7) is 10.7. The van der Waals surface area contributed by atoms with Crippen molar-refractivity contribution in [3.05, 3.63) is 29.3 Å². The molecule has 0 radical (unpaired) electrons. The summed E-state index contributed by atoms with van der Waals surface area (Å²) in [7, 11) is 1.32. The number of nitrogens with zero attached hydrogens (tertiary/aromatic N) is 1. The van der Waals surface area contributed by atoms with E-state index in [1.807, 2.05) is 13.8 Å². The predicted molar refractivity (Wildman–Crippen MR) is 95.5 cm³/mol. The Labute approximate surface area is 145 Å². The summed E-state index contributed by atoms with van der Waals surface area (Å²) in [5.74, 6) is 0.505. The van der Waals surface area contributed by atoms with Crippen LogP contribution < -0.4 is 4.74 Å². The predicted octanol–water partition coefficient (Wildman–Crippen LogP) is 4.05. The van der Waals surface area contributed by atoms with Crippen LogP contribution in [0.4, 0.5) is 0 Å². The molecule has 0 atom stereocenters. The molecule has 5 heteroatoms. The van der Waals surface area contributed by atoms with E-state index < -0.39 is 5.97 Å². The first kappa shape index (κ1) is 20.0. The minimum Gasteiger partial charge on any atom is -0.493 e. The second kappa shape index (κ2) is 9.30. The Morgan fingerprint density at radius 2 is 1.96 bits per heavy atom. The molecule has 0 fully saturated rings. The molecule has 1 rings (SSSR count). The molecule has 1 aromatic rings. The number of hydrogen-bond acceptors (Lipinski definition) is 5. The maximum absolute atomic E-state index is 11.0. The minimum absolute atomic E-state index is 0.124. The molecule has 0 aliphatic carbocycles. The Bertz CT molecular complexity index is 579. The van der Waals surface area contributed by atoms with Crippen molar-refractivity contribution in [1.82, 2.24) is 0 Å². The lowest BCUT2D eigenvalue weighted by atomic mass is 9.83. The van der Waals surface area contributed by atoms with Gasteiger partial charge in [-0.05, 0) is 50.8 Å². The van der Waals surface area contributed by atoms with Crippen molar-refractivity contribution >= 4 is 11.7 Å². The first-order chi connectivity index (χ1) is 11.3. The molecule has 0 saturated heterocycles. The van der Waals surface area contributed by atoms with Crippen LogP contribution in [0, 0.1) is 19.3 Å². The summed E-state index contributed by atoms with van der Waals surface area (Å²) in [6.07, 6.45) is 1.82. The largest absolute Gasteiger partial charge is 0.493 e. The highest BCUT2D eigenvalue weighted by Crippen LogP contribution is 2.25. The van der Waals surface area contributed by atoms with Crippen LogP contribution in [0.3, 0.4) is 0 Å². The van der Waals surface area contributed by atoms with Gasteiger partial charge in [-0.2, -0.15) is 0 Å². The topological polar surface area (TPSA) is 57.1 Å². The van der Waals surface area contributed by atoms with E-state index in [1.165, 1.54) is 12.7 Å². The number of benzene rings is 1. The molecule has 0 aliphatic heterocycles. The zero-order valence-electron chi connectivity index (χ0n) is 15.6. The Morgan fingerprint density at radius 1 is 1.25 bits per heavy atom. The standard InChI is InChI=1S/C19H29NO4/c1-14-8-9-15(2)17(12-14)23-11-7-10-19(4,5)16(3)20-24-13-18(21)22-6/h8-9,12H,7,10-11,13H2,1-6H3/b20-16+. The van der Waals surface area contributed by atoms with Gasteiger partial charge >= 0.3 is 5.97 Å². The average Bonchev–Trinajstić information content (AvgIpc) is 2.54. The van der Waals surface area contributed by atoms with Crippen molar-refractivity contribution in [2.75, 3.05) is 20.3 Å². The van der Waals surface area contributed by atoms with E-state index in [0.29, 0.717) is 6.61 Å². The number of methoxy groups -OCH3 is 1. The van der Waals surface area contributed by atoms with Crippen LogP contribution in [0.1, 0.15) is 44.7 Å². The van der Waals surface area contributed by atoms with E-state index in [0.717, 1.165) is 29.9 Å². The molecule has 0 unspecified atom stereocenters. The fraction of sp³-hybridized carbons (Fsp3) is 0.579. The summed E-state index contributed by atoms with van der Waals surface area (Å²) >= 11 is 0. The van der Waals surface area contributed by atoms with Crippen molar-refractivity contribution in [3.63, 3.8) is 0 Å². The van der Waals surface area contributed by atoms with Crippen molar-refractivity contribution in [2.24, 2.45) is 10.6 Å². The van der Waals surface area contributed by atoms with Crippen LogP contribution in [-0.4, -0.2) is 32.0 Å². The zero-order valence-corrected chi connectivity index (χ0v) is 15.6. The number of ether oxygens (including phenoxy) is 2. The molecular formula is C19H29NO4. The summed E-state index contributed by atoms with van der Waals surface area (Å²) in [5.41, 5.74) is 3.06. The third kappa shape index (κ3) is 6.60. The molecule has 0 saturated carbocycles. The summed E-state index contributed by atoms with van der Waals surface area (Å²) in [4.78, 5) is 16.0. The van der Waals surface area contributed by atoms with Gasteiger partial charge in [-0.15, -0.1) is 0 Å². The van der Waals surface area contributed by atoms with Crippen LogP contribution in [-0.2, 0) is 14.4 Å². The van der Waals surface area contributed by atoms with Gasteiger partial charge in [0.25, 0.3) is 0 Å². The molecule has 0 bridgehead atoms. The molecule has 1 aromatic carbocycles. The second-order valence-corrected chi connectivity index (χ2v) is 6.63. The fourth-order valence-corrected chi connectivity index (χ4v) is 2.10. The molecule has 0 aliphatic rings. The summed E-state index contributed by atoms with van der Waals surface area (Å²) < 4.78 is 10.4. The number of rotatable bonds is 9. The van der Waals surface area contributed by atoms with Gasteiger partial charge in [-0.1, -0.05) is 31.1 Å². The molecule has 0 amide bonds. The van der Waals surface area contributed by atoms with E-state index in [1.54, 1.807) is 0 Å². The van der Waals surface area contributed by atoms with Crippen LogP contribution in [0.5, 0.6) is 5.75 Å². The second-order valence-electron chi connectivity index (χ2n) is 6.63. The lowest BCUT2D eigenvalue weighted by Crippen LogP contribution is -2.23. The van der Waals surface area contributed by atoms with Gasteiger partial charge in [-0.3, -0.25) is 0 Å². The highest BCUT2D eigenvalue weighted by Gasteiger charge is 2.22. The van der Waals surface area contributed by atoms with Crippen LogP contribution >= 0.6 is 0 Å². The molecule has 24 heavy (non-hydrogen) atoms. The maximum atomic E-state index is 11.0. The number of carbonyl (C=O) groups excluding carboxylic acids is 1. The van der Waals surface area contributed by atoms with Gasteiger partial charge in [0.15, 0.2) is 0 Å². The number of hydrogen-bond donors (Lipinski definition) is 0. The Hall–Kier alpha value is -2.04. The van der Waals surface area contributed by atoms with Gasteiger partial charge in [0.1, 0.15) is 5.75 Å². The zero-order chi connectivity index (χ0) is 18.2. The average molecular weight is 335 g/mol. The normalized spacial score (nSPS) is 12.0. The van der Waals surface area contributed by atoms with Crippen LogP contribution in [0.2, 0.25) is 0 Å². The summed E-state index contributed by atoms with van der Waals surface area (Å²) in [5, 5.41) is 4.02. The molecular weight excluding hydrogens is 306 g/mol. The molecule has 5 nitrogen and oxygen atoms in total. The highest BCUT2D eigenvalue weighted by atomic mass is 16.6. The quantitative estimate of drug-likeness (QED) is 0.296. The molecule has 0 heterocycles. The van der Waals surface area contributed by atoms with Gasteiger partial charge in [0.05, 0.1) is 19.4 Å². The van der Waals surface area contributed by atoms with E-state index in [4.69, 9.17) is 9.57 Å². The van der Waals surface area contributed by atoms with Gasteiger partial charge < -0.3 is 14.3 Å². The fourth-order valence-electron chi connectivity index (χ4n) is 2.10. The SMILES string of the molecule is COC(=O)CO/N=C(\C)C(C)(C)CCCOc1cc(C)ccc1C. The number of esters is 1. The third-order valence-corrected chi connectivity index (χ3v) is 4.14. The van der Waals surface area contributed by atoms with E-state index >= 15 is 0 Å². The summed E-state index contributed by atoms with van der Waals surface area (Å²) in [6, 6.07) is 6.22. The number of oxime groups is 1. The smallest absolute Gasteiger partial charge is 0.346 e. The maximum Gasteiger partial charge on any atom is 0.346 e. The van der Waals surface area contributed by atoms with Gasteiger partial charge in [0.2, 0.25) is 6.61 Å². The first-order valence-electron chi connectivity index (χ1n) is 8.20. The van der Waals surface area contributed by atoms with E-state index in [2.05, 4.69) is 48.9 Å². The monoisotopic (exact) mass is 335 g/mol. The number of carbonyl (C=O) groups is 1. The van der Waals surface area contributed by atoms with Crippen molar-refractivity contribution in [1.29, 1.82) is 0 Å². The van der Waals surface area contributed by atoms with Crippen molar-refractivity contribution in [3.8, 4) is 5.75 Å². The highest BCUT2D eigenvalue weighted by molar-refractivity contribution is 5.86.